The Bertz CT molecular complexity index is 917. The summed E-state index contributed by atoms with van der Waals surface area (Å²) in [6.45, 7) is 0.824. The van der Waals surface area contributed by atoms with E-state index in [1.807, 2.05) is 64.5 Å². The largest absolute Gasteiger partial charge is 0.465 e. The van der Waals surface area contributed by atoms with Crippen molar-refractivity contribution < 1.29 is 9.90 Å². The fourth-order valence-corrected chi connectivity index (χ4v) is 3.59. The molecule has 3 aromatic rings. The molecule has 0 aliphatic rings. The van der Waals surface area contributed by atoms with E-state index in [0.29, 0.717) is 13.1 Å². The van der Waals surface area contributed by atoms with E-state index in [1.165, 1.54) is 11.3 Å². The van der Waals surface area contributed by atoms with E-state index in [0.717, 1.165) is 26.2 Å². The Balaban J connectivity index is 2.01. The van der Waals surface area contributed by atoms with Gasteiger partial charge in [-0.15, -0.1) is 11.3 Å². The minimum absolute atomic E-state index is 0.317. The van der Waals surface area contributed by atoms with Crippen molar-refractivity contribution in [2.45, 2.75) is 6.54 Å². The average Bonchev–Trinajstić information content (AvgIpc) is 2.99. The molecule has 2 aromatic carbocycles. The lowest BCUT2D eigenvalue weighted by Gasteiger charge is -2.09. The summed E-state index contributed by atoms with van der Waals surface area (Å²) in [7, 11) is 0. The highest BCUT2D eigenvalue weighted by Crippen LogP contribution is 2.23. The fraction of sp³-hybridized carbons (Fsp3) is 0.111. The van der Waals surface area contributed by atoms with Crippen molar-refractivity contribution in [3.8, 4) is 11.3 Å². The van der Waals surface area contributed by atoms with Crippen LogP contribution in [0.2, 0.25) is 0 Å². The number of halogens is 1. The highest BCUT2D eigenvalue weighted by Gasteiger charge is 2.09. The minimum atomic E-state index is -1.03. The Kier molecular flexibility index (Phi) is 5.67. The molecule has 25 heavy (non-hydrogen) atoms. The predicted molar refractivity (Wildman–Crippen MR) is 103 cm³/mol. The average molecular weight is 418 g/mol. The molecule has 0 aliphatic carbocycles. The highest BCUT2D eigenvalue weighted by molar-refractivity contribution is 9.10. The minimum Gasteiger partial charge on any atom is -0.465 e. The van der Waals surface area contributed by atoms with Crippen LogP contribution in [0.1, 0.15) is 0 Å². The second-order valence-corrected chi connectivity index (χ2v) is 6.99. The van der Waals surface area contributed by atoms with Crippen molar-refractivity contribution in [3.63, 3.8) is 0 Å². The molecular weight excluding hydrogens is 402 g/mol. The van der Waals surface area contributed by atoms with Gasteiger partial charge in [0, 0.05) is 22.9 Å². The Morgan fingerprint density at radius 1 is 1.16 bits per heavy atom. The molecular formula is C18H16BrN3O2S. The predicted octanol–water partition coefficient (Wildman–Crippen LogP) is 4.48. The number of rotatable bonds is 5. The zero-order chi connectivity index (χ0) is 17.6. The lowest BCUT2D eigenvalue weighted by atomic mass is 10.2. The van der Waals surface area contributed by atoms with Crippen molar-refractivity contribution in [1.82, 2.24) is 9.88 Å². The number of para-hydroxylation sites is 1. The number of hydrogen-bond acceptors (Lipinski definition) is 3. The smallest absolute Gasteiger partial charge is 0.404 e. The topological polar surface area (TPSA) is 66.6 Å². The Hall–Kier alpha value is -2.38. The van der Waals surface area contributed by atoms with Crippen molar-refractivity contribution in [1.29, 1.82) is 0 Å². The number of amides is 1. The van der Waals surface area contributed by atoms with Crippen LogP contribution in [0.15, 0.2) is 69.4 Å². The molecule has 0 saturated heterocycles. The van der Waals surface area contributed by atoms with E-state index >= 15 is 0 Å². The zero-order valence-electron chi connectivity index (χ0n) is 13.2. The van der Waals surface area contributed by atoms with Gasteiger partial charge in [0.2, 0.25) is 0 Å². The van der Waals surface area contributed by atoms with Crippen LogP contribution in [0, 0.1) is 0 Å². The lowest BCUT2D eigenvalue weighted by Crippen LogP contribution is -2.28. The van der Waals surface area contributed by atoms with Crippen molar-refractivity contribution in [3.05, 3.63) is 69.3 Å². The van der Waals surface area contributed by atoms with Gasteiger partial charge in [-0.2, -0.15) is 0 Å². The van der Waals surface area contributed by atoms with Crippen molar-refractivity contribution in [2.24, 2.45) is 4.99 Å². The maximum Gasteiger partial charge on any atom is 0.404 e. The summed E-state index contributed by atoms with van der Waals surface area (Å²) < 4.78 is 3.05. The number of carbonyl (C=O) groups is 1. The number of thiazole rings is 1. The summed E-state index contributed by atoms with van der Waals surface area (Å²) in [6, 6.07) is 17.8. The van der Waals surface area contributed by atoms with E-state index in [2.05, 4.69) is 21.2 Å². The SMILES string of the molecule is O=C(O)NCCn1c(-c2ccc(Br)cc2)csc1=Nc1ccccc1. The Labute approximate surface area is 157 Å². The van der Waals surface area contributed by atoms with E-state index < -0.39 is 6.09 Å². The summed E-state index contributed by atoms with van der Waals surface area (Å²) in [4.78, 5) is 16.3. The number of benzene rings is 2. The van der Waals surface area contributed by atoms with Gasteiger partial charge in [-0.3, -0.25) is 0 Å². The molecule has 1 aromatic heterocycles. The van der Waals surface area contributed by atoms with Gasteiger partial charge >= 0.3 is 6.09 Å². The van der Waals surface area contributed by atoms with E-state index in [4.69, 9.17) is 10.1 Å². The summed E-state index contributed by atoms with van der Waals surface area (Å²) in [5, 5.41) is 13.3. The first-order valence-electron chi connectivity index (χ1n) is 7.64. The molecule has 7 heteroatoms. The lowest BCUT2D eigenvalue weighted by molar-refractivity contribution is 0.194. The van der Waals surface area contributed by atoms with Gasteiger partial charge in [0.15, 0.2) is 4.80 Å². The van der Waals surface area contributed by atoms with Crippen molar-refractivity contribution >= 4 is 39.0 Å². The van der Waals surface area contributed by atoms with Crippen LogP contribution in [-0.2, 0) is 6.54 Å². The molecule has 0 spiro atoms. The molecule has 1 heterocycles. The molecule has 0 radical (unpaired) electrons. The fourth-order valence-electron chi connectivity index (χ4n) is 2.37. The second kappa shape index (κ2) is 8.13. The third-order valence-electron chi connectivity index (χ3n) is 3.53. The molecule has 5 nitrogen and oxygen atoms in total. The third kappa shape index (κ3) is 4.58. The van der Waals surface area contributed by atoms with Crippen LogP contribution in [0.3, 0.4) is 0 Å². The number of nitrogens with zero attached hydrogens (tertiary/aromatic N) is 2. The molecule has 0 atom stereocenters. The van der Waals surface area contributed by atoms with Gasteiger partial charge in [-0.25, -0.2) is 9.79 Å². The maximum atomic E-state index is 10.7. The highest BCUT2D eigenvalue weighted by atomic mass is 79.9. The van der Waals surface area contributed by atoms with Gasteiger partial charge in [0.25, 0.3) is 0 Å². The quantitative estimate of drug-likeness (QED) is 0.642. The Morgan fingerprint density at radius 3 is 2.56 bits per heavy atom. The number of hydrogen-bond donors (Lipinski definition) is 2. The van der Waals surface area contributed by atoms with Crippen LogP contribution in [0.4, 0.5) is 10.5 Å². The normalized spacial score (nSPS) is 11.5. The molecule has 0 bridgehead atoms. The van der Waals surface area contributed by atoms with Gasteiger partial charge < -0.3 is 15.0 Å². The molecule has 0 unspecified atom stereocenters. The molecule has 128 valence electrons. The molecule has 2 N–H and O–H groups in total. The third-order valence-corrected chi connectivity index (χ3v) is 4.92. The first-order chi connectivity index (χ1) is 12.1. The van der Waals surface area contributed by atoms with Crippen LogP contribution >= 0.6 is 27.3 Å². The number of carboxylic acid groups (broad SMARTS) is 1. The monoisotopic (exact) mass is 417 g/mol. The van der Waals surface area contributed by atoms with Gasteiger partial charge in [0.05, 0.1) is 11.4 Å². The van der Waals surface area contributed by atoms with Gasteiger partial charge in [-0.1, -0.05) is 46.3 Å². The number of aromatic nitrogens is 1. The first kappa shape index (κ1) is 17.4. The number of nitrogens with one attached hydrogen (secondary N) is 1. The first-order valence-corrected chi connectivity index (χ1v) is 9.31. The molecule has 3 rings (SSSR count). The molecule has 0 fully saturated rings. The van der Waals surface area contributed by atoms with Gasteiger partial charge in [0.1, 0.15) is 0 Å². The summed E-state index contributed by atoms with van der Waals surface area (Å²) >= 11 is 4.98. The zero-order valence-corrected chi connectivity index (χ0v) is 15.6. The van der Waals surface area contributed by atoms with Gasteiger partial charge in [-0.05, 0) is 29.8 Å². The van der Waals surface area contributed by atoms with Crippen LogP contribution < -0.4 is 10.1 Å². The Morgan fingerprint density at radius 2 is 1.88 bits per heavy atom. The maximum absolute atomic E-state index is 10.7. The van der Waals surface area contributed by atoms with E-state index in [9.17, 15) is 4.79 Å². The molecule has 0 saturated carbocycles. The molecule has 0 aliphatic heterocycles. The van der Waals surface area contributed by atoms with E-state index in [1.54, 1.807) is 0 Å². The second-order valence-electron chi connectivity index (χ2n) is 5.24. The van der Waals surface area contributed by atoms with Crippen LogP contribution in [-0.4, -0.2) is 22.3 Å². The summed E-state index contributed by atoms with van der Waals surface area (Å²) in [5.74, 6) is 0. The van der Waals surface area contributed by atoms with Crippen LogP contribution in [0.5, 0.6) is 0 Å². The van der Waals surface area contributed by atoms with E-state index in [-0.39, 0.29) is 0 Å². The standard InChI is InChI=1S/C18H16BrN3O2S/c19-14-8-6-13(7-9-14)16-12-25-17(21-15-4-2-1-3-5-15)22(16)11-10-20-18(23)24/h1-9,12,20H,10-11H2,(H,23,24). The van der Waals surface area contributed by atoms with Crippen LogP contribution in [0.25, 0.3) is 11.3 Å². The molecule has 1 amide bonds. The van der Waals surface area contributed by atoms with Crippen molar-refractivity contribution in [2.75, 3.05) is 6.54 Å². The summed E-state index contributed by atoms with van der Waals surface area (Å²) in [6.07, 6.45) is -1.03. The summed E-state index contributed by atoms with van der Waals surface area (Å²) in [5.41, 5.74) is 2.94.